The maximum Gasteiger partial charge on any atom is 0.130 e. The average molecular weight is 374 g/mol. The minimum Gasteiger partial charge on any atom is -0.507 e. The van der Waals surface area contributed by atoms with Gasteiger partial charge >= 0.3 is 0 Å². The van der Waals surface area contributed by atoms with Crippen LogP contribution < -0.4 is 20.1 Å². The zero-order valence-electron chi connectivity index (χ0n) is 17.2. The van der Waals surface area contributed by atoms with E-state index in [0.29, 0.717) is 5.75 Å². The van der Waals surface area contributed by atoms with Crippen LogP contribution in [-0.2, 0) is 5.41 Å². The number of aromatic hydroxyl groups is 1. The lowest BCUT2D eigenvalue weighted by Crippen LogP contribution is -2.29. The van der Waals surface area contributed by atoms with E-state index in [2.05, 4.69) is 41.5 Å². The highest BCUT2D eigenvalue weighted by atomic mass is 31.1. The van der Waals surface area contributed by atoms with Gasteiger partial charge in [0.25, 0.3) is 0 Å². The molecule has 0 bridgehead atoms. The van der Waals surface area contributed by atoms with E-state index in [1.165, 1.54) is 0 Å². The molecule has 4 heteroatoms. The van der Waals surface area contributed by atoms with Crippen LogP contribution in [-0.4, -0.2) is 24.5 Å². The molecule has 0 spiro atoms. The second-order valence-electron chi connectivity index (χ2n) is 8.44. The first-order valence-electron chi connectivity index (χ1n) is 8.86. The van der Waals surface area contributed by atoms with Crippen LogP contribution in [0.25, 0.3) is 0 Å². The maximum atomic E-state index is 11.2. The first kappa shape index (κ1) is 20.6. The van der Waals surface area contributed by atoms with Crippen LogP contribution in [0.2, 0.25) is 0 Å². The third kappa shape index (κ3) is 3.99. The number of phenols is 1. The monoisotopic (exact) mass is 374 g/mol. The van der Waals surface area contributed by atoms with E-state index >= 15 is 0 Å². The van der Waals surface area contributed by atoms with Gasteiger partial charge < -0.3 is 14.6 Å². The molecule has 1 unspecified atom stereocenters. The maximum absolute atomic E-state index is 11.2. The molecular weight excluding hydrogens is 343 g/mol. The Hall–Kier alpha value is -1.73. The van der Waals surface area contributed by atoms with Crippen LogP contribution in [0.4, 0.5) is 0 Å². The summed E-state index contributed by atoms with van der Waals surface area (Å²) in [6.07, 6.45) is 0. The molecule has 0 amide bonds. The fourth-order valence-corrected chi connectivity index (χ4v) is 6.16. The summed E-state index contributed by atoms with van der Waals surface area (Å²) < 4.78 is 11.4. The molecule has 0 aliphatic heterocycles. The molecule has 0 saturated carbocycles. The van der Waals surface area contributed by atoms with Crippen molar-refractivity contribution in [2.75, 3.05) is 14.2 Å². The first-order chi connectivity index (χ1) is 12.0. The van der Waals surface area contributed by atoms with E-state index in [-0.39, 0.29) is 10.6 Å². The summed E-state index contributed by atoms with van der Waals surface area (Å²) in [7, 11) is 2.43. The Morgan fingerprint density at radius 2 is 1.31 bits per heavy atom. The van der Waals surface area contributed by atoms with Gasteiger partial charge in [0.2, 0.25) is 0 Å². The number of methoxy groups -OCH3 is 2. The van der Waals surface area contributed by atoms with Crippen molar-refractivity contribution < 1.29 is 14.6 Å². The van der Waals surface area contributed by atoms with E-state index in [1.807, 2.05) is 36.4 Å². The van der Waals surface area contributed by atoms with Gasteiger partial charge in [0.1, 0.15) is 17.2 Å². The third-order valence-electron chi connectivity index (χ3n) is 4.36. The molecule has 0 radical (unpaired) electrons. The zero-order valence-corrected chi connectivity index (χ0v) is 18.1. The van der Waals surface area contributed by atoms with Crippen molar-refractivity contribution in [3.63, 3.8) is 0 Å². The number of para-hydroxylation sites is 1. The molecule has 2 aromatic rings. The quantitative estimate of drug-likeness (QED) is 0.771. The lowest BCUT2D eigenvalue weighted by Gasteiger charge is -2.35. The predicted molar refractivity (Wildman–Crippen MR) is 112 cm³/mol. The van der Waals surface area contributed by atoms with Crippen LogP contribution in [0.3, 0.4) is 0 Å². The number of benzene rings is 2. The van der Waals surface area contributed by atoms with Crippen molar-refractivity contribution in [3.05, 3.63) is 42.0 Å². The highest BCUT2D eigenvalue weighted by molar-refractivity contribution is 7.75. The Morgan fingerprint density at radius 1 is 0.808 bits per heavy atom. The van der Waals surface area contributed by atoms with Crippen molar-refractivity contribution >= 4 is 18.5 Å². The Bertz CT molecular complexity index is 748. The molecule has 2 aromatic carbocycles. The molecule has 0 aliphatic rings. The molecule has 2 rings (SSSR count). The zero-order chi connectivity index (χ0) is 19.7. The van der Waals surface area contributed by atoms with Gasteiger partial charge in [-0.2, -0.15) is 0 Å². The molecule has 0 heterocycles. The SMILES string of the molecule is COc1cccc(OC)c1P(c1cccc(C(C)(C)C)c1O)C(C)(C)C. The normalized spacial score (nSPS) is 13.4. The van der Waals surface area contributed by atoms with Crippen molar-refractivity contribution in [1.29, 1.82) is 0 Å². The van der Waals surface area contributed by atoms with Crippen molar-refractivity contribution in [2.24, 2.45) is 0 Å². The summed E-state index contributed by atoms with van der Waals surface area (Å²) in [5.41, 5.74) is 0.824. The molecule has 3 nitrogen and oxygen atoms in total. The average Bonchev–Trinajstić information content (AvgIpc) is 2.54. The predicted octanol–water partition coefficient (Wildman–Crippen LogP) is 4.94. The minimum absolute atomic E-state index is 0.0920. The molecule has 0 aliphatic carbocycles. The fraction of sp³-hybridized carbons (Fsp3) is 0.455. The van der Waals surface area contributed by atoms with Gasteiger partial charge in [-0.05, 0) is 36.2 Å². The molecule has 0 aromatic heterocycles. The Kier molecular flexibility index (Phi) is 5.92. The summed E-state index contributed by atoms with van der Waals surface area (Å²) in [6.45, 7) is 13.0. The lowest BCUT2D eigenvalue weighted by atomic mass is 9.86. The lowest BCUT2D eigenvalue weighted by molar-refractivity contribution is 0.400. The molecule has 26 heavy (non-hydrogen) atoms. The topological polar surface area (TPSA) is 38.7 Å². The standard InChI is InChI=1S/C22H31O3P/c1-21(2,3)15-11-9-14-18(19(15)23)26(22(4,5)6)20-16(24-7)12-10-13-17(20)25-8/h9-14,23H,1-8H3. The minimum atomic E-state index is -0.929. The number of hydrogen-bond donors (Lipinski definition) is 1. The molecule has 0 saturated heterocycles. The summed E-state index contributed by atoms with van der Waals surface area (Å²) >= 11 is 0. The smallest absolute Gasteiger partial charge is 0.130 e. The largest absolute Gasteiger partial charge is 0.507 e. The molecule has 1 atom stereocenters. The van der Waals surface area contributed by atoms with Crippen LogP contribution in [0.5, 0.6) is 17.2 Å². The van der Waals surface area contributed by atoms with Crippen LogP contribution >= 0.6 is 7.92 Å². The van der Waals surface area contributed by atoms with Crippen molar-refractivity contribution in [1.82, 2.24) is 0 Å². The summed E-state index contributed by atoms with van der Waals surface area (Å²) in [5.74, 6) is 1.98. The van der Waals surface area contributed by atoms with Crippen LogP contribution in [0.1, 0.15) is 47.1 Å². The number of rotatable bonds is 4. The van der Waals surface area contributed by atoms with E-state index in [4.69, 9.17) is 9.47 Å². The van der Waals surface area contributed by atoms with E-state index in [1.54, 1.807) is 14.2 Å². The Balaban J connectivity index is 2.82. The van der Waals surface area contributed by atoms with Gasteiger partial charge in [-0.25, -0.2) is 0 Å². The van der Waals surface area contributed by atoms with Gasteiger partial charge in [0.15, 0.2) is 0 Å². The second kappa shape index (κ2) is 7.48. The second-order valence-corrected chi connectivity index (χ2v) is 11.4. The van der Waals surface area contributed by atoms with Gasteiger partial charge in [-0.1, -0.05) is 65.8 Å². The van der Waals surface area contributed by atoms with Crippen molar-refractivity contribution in [3.8, 4) is 17.2 Å². The Morgan fingerprint density at radius 3 is 1.73 bits per heavy atom. The highest BCUT2D eigenvalue weighted by Crippen LogP contribution is 2.54. The van der Waals surface area contributed by atoms with E-state index < -0.39 is 7.92 Å². The van der Waals surface area contributed by atoms with Gasteiger partial charge in [-0.3, -0.25) is 0 Å². The van der Waals surface area contributed by atoms with Gasteiger partial charge in [0, 0.05) is 5.30 Å². The van der Waals surface area contributed by atoms with Crippen LogP contribution in [0.15, 0.2) is 36.4 Å². The molecule has 0 fully saturated rings. The van der Waals surface area contributed by atoms with Crippen molar-refractivity contribution in [2.45, 2.75) is 52.1 Å². The highest BCUT2D eigenvalue weighted by Gasteiger charge is 2.35. The number of hydrogen-bond acceptors (Lipinski definition) is 3. The van der Waals surface area contributed by atoms with Gasteiger partial charge in [-0.15, -0.1) is 0 Å². The number of phenolic OH excluding ortho intramolecular Hbond substituents is 1. The number of ether oxygens (including phenoxy) is 2. The fourth-order valence-electron chi connectivity index (χ4n) is 3.19. The molecular formula is C22H31O3P. The third-order valence-corrected chi connectivity index (χ3v) is 7.43. The molecule has 1 N–H and O–H groups in total. The molecule has 142 valence electrons. The Labute approximate surface area is 159 Å². The first-order valence-corrected chi connectivity index (χ1v) is 10.2. The summed E-state index contributed by atoms with van der Waals surface area (Å²) in [4.78, 5) is 0. The van der Waals surface area contributed by atoms with Gasteiger partial charge in [0.05, 0.1) is 19.5 Å². The van der Waals surface area contributed by atoms with E-state index in [9.17, 15) is 5.11 Å². The summed E-state index contributed by atoms with van der Waals surface area (Å²) in [5, 5.41) is 13.1. The van der Waals surface area contributed by atoms with E-state index in [0.717, 1.165) is 27.7 Å². The summed E-state index contributed by atoms with van der Waals surface area (Å²) in [6, 6.07) is 11.9. The van der Waals surface area contributed by atoms with Crippen LogP contribution in [0, 0.1) is 0 Å².